The quantitative estimate of drug-likeness (QED) is 0.0453. The first-order chi connectivity index (χ1) is 22.0. The van der Waals surface area contributed by atoms with E-state index in [9.17, 15) is 27.9 Å². The van der Waals surface area contributed by atoms with E-state index in [1.54, 1.807) is 12.1 Å². The zero-order valence-electron chi connectivity index (χ0n) is 25.8. The van der Waals surface area contributed by atoms with Crippen LogP contribution < -0.4 is 26.2 Å². The van der Waals surface area contributed by atoms with Crippen molar-refractivity contribution < 1.29 is 51.0 Å². The maximum atomic E-state index is 13.2. The molecule has 1 fully saturated rings. The van der Waals surface area contributed by atoms with Crippen LogP contribution in [0.25, 0.3) is 11.3 Å². The van der Waals surface area contributed by atoms with Crippen LogP contribution in [0, 0.1) is 6.92 Å². The van der Waals surface area contributed by atoms with E-state index in [2.05, 4.69) is 24.4 Å². The van der Waals surface area contributed by atoms with Gasteiger partial charge >= 0.3 is 16.4 Å². The number of carbonyl (C=O) groups is 3. The third kappa shape index (κ3) is 8.03. The van der Waals surface area contributed by atoms with Crippen LogP contribution in [-0.2, 0) is 47.5 Å². The van der Waals surface area contributed by atoms with Gasteiger partial charge in [-0.05, 0) is 51.6 Å². The fourth-order valence-corrected chi connectivity index (χ4v) is 5.64. The number of carbonyl (C=O) groups excluding carboxylic acids is 2. The fraction of sp³-hybridized carbons (Fsp3) is 0.407. The number of nitrogens with two attached hydrogens (primary N) is 2. The van der Waals surface area contributed by atoms with Crippen LogP contribution in [0.2, 0.25) is 0 Å². The number of aromatic nitrogens is 3. The van der Waals surface area contributed by atoms with Gasteiger partial charge in [0.05, 0.1) is 18.3 Å². The van der Waals surface area contributed by atoms with E-state index in [0.717, 1.165) is 41.3 Å². The van der Waals surface area contributed by atoms with Crippen LogP contribution in [0.15, 0.2) is 40.9 Å². The molecule has 2 atom stereocenters. The summed E-state index contributed by atoms with van der Waals surface area (Å²) >= 11 is 0.961. The van der Waals surface area contributed by atoms with E-state index >= 15 is 0 Å². The number of aryl methyl sites for hydroxylation is 1. The molecule has 3 aromatic rings. The Kier molecular flexibility index (Phi) is 10.5. The van der Waals surface area contributed by atoms with Crippen molar-refractivity contribution in [3.05, 3.63) is 47.1 Å². The topological polar surface area (TPSA) is 255 Å². The van der Waals surface area contributed by atoms with Crippen LogP contribution in [-0.4, -0.2) is 87.1 Å². The third-order valence-corrected chi connectivity index (χ3v) is 8.28. The van der Waals surface area contributed by atoms with Crippen molar-refractivity contribution in [3.8, 4) is 17.0 Å². The summed E-state index contributed by atoms with van der Waals surface area (Å²) in [5.41, 5.74) is 12.3. The second-order valence-corrected chi connectivity index (χ2v) is 12.8. The van der Waals surface area contributed by atoms with Crippen LogP contribution in [0.3, 0.4) is 0 Å². The number of carboxylic acids is 1. The first-order valence-corrected chi connectivity index (χ1v) is 16.3. The van der Waals surface area contributed by atoms with Crippen LogP contribution in [0.4, 0.5) is 5.13 Å². The molecule has 20 heteroatoms. The number of nitrogens with zero attached hydrogens (tertiary/aromatic N) is 5. The van der Waals surface area contributed by atoms with E-state index in [1.165, 1.54) is 19.2 Å². The first-order valence-electron chi connectivity index (χ1n) is 14.0. The second kappa shape index (κ2) is 14.0. The summed E-state index contributed by atoms with van der Waals surface area (Å²) in [7, 11) is -3.05. The van der Waals surface area contributed by atoms with Gasteiger partial charge in [-0.15, -0.1) is 20.3 Å². The van der Waals surface area contributed by atoms with Gasteiger partial charge in [-0.2, -0.15) is 18.2 Å². The Hall–Kier alpha value is -4.63. The lowest BCUT2D eigenvalue weighted by molar-refractivity contribution is -0.764. The number of anilines is 1. The number of hydrogen-bond donors (Lipinski definition) is 5. The van der Waals surface area contributed by atoms with Gasteiger partial charge in [0.25, 0.3) is 17.9 Å². The number of aliphatic carboxylic acids is 1. The number of hydrogen-bond acceptors (Lipinski definition) is 13. The smallest absolute Gasteiger partial charge is 0.418 e. The lowest BCUT2D eigenvalue weighted by atomic mass is 9.84. The summed E-state index contributed by atoms with van der Waals surface area (Å²) in [6, 6.07) is 7.74. The molecule has 1 aliphatic heterocycles. The minimum atomic E-state index is -5.02. The normalized spacial score (nSPS) is 16.8. The highest BCUT2D eigenvalue weighted by Gasteiger charge is 2.58. The minimum Gasteiger partial charge on any atom is -0.489 e. The molecule has 1 unspecified atom stereocenters. The second-order valence-electron chi connectivity index (χ2n) is 10.9. The molecule has 254 valence electrons. The van der Waals surface area contributed by atoms with Crippen molar-refractivity contribution in [2.45, 2.75) is 51.4 Å². The predicted molar refractivity (Wildman–Crippen MR) is 166 cm³/mol. The molecule has 47 heavy (non-hydrogen) atoms. The molecule has 7 N–H and O–H groups in total. The number of oxime groups is 1. The molecule has 0 aliphatic carbocycles. The Morgan fingerprint density at radius 2 is 1.96 bits per heavy atom. The number of benzene rings is 1. The van der Waals surface area contributed by atoms with Crippen LogP contribution in [0.5, 0.6) is 5.75 Å². The number of rotatable bonds is 15. The Balaban J connectivity index is 1.47. The van der Waals surface area contributed by atoms with E-state index in [4.69, 9.17) is 25.6 Å². The maximum Gasteiger partial charge on any atom is 0.418 e. The van der Waals surface area contributed by atoms with Crippen molar-refractivity contribution in [1.82, 2.24) is 20.0 Å². The van der Waals surface area contributed by atoms with Crippen molar-refractivity contribution in [1.29, 1.82) is 0 Å². The standard InChI is InChI=1S/C27H34N8O10S2/c1-15-12-19(34(33(15)4)11-5-10-28)16-6-8-17(9-7-16)43-13-20(25(38)39)44-32-21(18-14-46-26(29)30-18)23(36)31-22-24(37)35(27(22,2)3)45-47(40,41)42/h6-9,12,14,20,22H,5,10-11,13,28H2,1-4H3,(H4-,29,30,31,36,38,39,40,41,42)/p+1/b32-21-/t20?,22-/m1/s1. The Labute approximate surface area is 273 Å². The molecule has 1 aromatic carbocycles. The average Bonchev–Trinajstić information content (AvgIpc) is 3.56. The summed E-state index contributed by atoms with van der Waals surface area (Å²) < 4.78 is 45.2. The van der Waals surface area contributed by atoms with Crippen molar-refractivity contribution >= 4 is 50.4 Å². The highest BCUT2D eigenvalue weighted by atomic mass is 32.3. The zero-order valence-corrected chi connectivity index (χ0v) is 27.4. The molecule has 0 spiro atoms. The molecular weight excluding hydrogens is 660 g/mol. The van der Waals surface area contributed by atoms with Crippen LogP contribution in [0.1, 0.15) is 31.7 Å². The van der Waals surface area contributed by atoms with Gasteiger partial charge in [0.2, 0.25) is 5.69 Å². The van der Waals surface area contributed by atoms with E-state index < -0.39 is 58.2 Å². The molecule has 1 aliphatic rings. The molecule has 3 heterocycles. The van der Waals surface area contributed by atoms with Gasteiger partial charge in [-0.25, -0.2) is 9.78 Å². The molecular formula is C27H35N8O10S2+. The molecule has 18 nitrogen and oxygen atoms in total. The van der Waals surface area contributed by atoms with E-state index in [1.807, 2.05) is 36.9 Å². The number of nitrogen functional groups attached to an aromatic ring is 1. The highest BCUT2D eigenvalue weighted by Crippen LogP contribution is 2.33. The zero-order chi connectivity index (χ0) is 34.7. The number of carboxylic acid groups (broad SMARTS) is 1. The summed E-state index contributed by atoms with van der Waals surface area (Å²) in [4.78, 5) is 46.9. The summed E-state index contributed by atoms with van der Waals surface area (Å²) in [5.74, 6) is -3.11. The summed E-state index contributed by atoms with van der Waals surface area (Å²) in [6.07, 6.45) is -0.875. The van der Waals surface area contributed by atoms with Gasteiger partial charge in [0.1, 0.15) is 24.1 Å². The van der Waals surface area contributed by atoms with Gasteiger partial charge in [0, 0.05) is 23.4 Å². The van der Waals surface area contributed by atoms with Gasteiger partial charge in [-0.3, -0.25) is 14.1 Å². The number of thiazole rings is 1. The van der Waals surface area contributed by atoms with Crippen LogP contribution >= 0.6 is 11.3 Å². The Morgan fingerprint density at radius 3 is 2.51 bits per heavy atom. The molecule has 2 aromatic heterocycles. The largest absolute Gasteiger partial charge is 0.489 e. The van der Waals surface area contributed by atoms with Crippen molar-refractivity contribution in [2.24, 2.45) is 17.9 Å². The SMILES string of the molecule is Cc1cc(-c2ccc(OCC(O/N=C(\C(=O)N[C@@H]3C(=O)N(OS(=O)(=O)O)C3(C)C)c3csc(N)n3)C(=O)O)cc2)[n+](CCCN)n1C. The van der Waals surface area contributed by atoms with E-state index in [0.29, 0.717) is 17.4 Å². The third-order valence-electron chi connectivity index (χ3n) is 7.27. The van der Waals surface area contributed by atoms with Crippen molar-refractivity contribution in [2.75, 3.05) is 18.9 Å². The number of amides is 2. The molecule has 0 saturated carbocycles. The summed E-state index contributed by atoms with van der Waals surface area (Å²) in [6.45, 7) is 5.51. The first kappa shape index (κ1) is 35.2. The molecule has 1 saturated heterocycles. The maximum absolute atomic E-state index is 13.2. The number of hydroxylamine groups is 2. The fourth-order valence-electron chi connectivity index (χ4n) is 4.64. The molecule has 0 bridgehead atoms. The number of ether oxygens (including phenoxy) is 1. The predicted octanol–water partition coefficient (Wildman–Crippen LogP) is -0.232. The molecule has 4 rings (SSSR count). The molecule has 2 amide bonds. The Morgan fingerprint density at radius 1 is 1.28 bits per heavy atom. The lowest BCUT2D eigenvalue weighted by Gasteiger charge is -2.50. The Bertz CT molecular complexity index is 1790. The van der Waals surface area contributed by atoms with Gasteiger partial charge in [0.15, 0.2) is 17.4 Å². The van der Waals surface area contributed by atoms with E-state index in [-0.39, 0.29) is 10.8 Å². The highest BCUT2D eigenvalue weighted by molar-refractivity contribution is 7.80. The minimum absolute atomic E-state index is 0.0606. The lowest BCUT2D eigenvalue weighted by Crippen LogP contribution is -2.76. The monoisotopic (exact) mass is 695 g/mol. The van der Waals surface area contributed by atoms with Gasteiger partial charge < -0.3 is 31.5 Å². The summed E-state index contributed by atoms with van der Waals surface area (Å²) in [5, 5.41) is 17.7. The molecule has 0 radical (unpaired) electrons. The van der Waals surface area contributed by atoms with Gasteiger partial charge in [-0.1, -0.05) is 5.16 Å². The van der Waals surface area contributed by atoms with Crippen molar-refractivity contribution in [3.63, 3.8) is 0 Å². The number of nitrogens with one attached hydrogen (secondary N) is 1. The average molecular weight is 696 g/mol. The number of β-lactam (4-membered cyclic amide) rings is 1.